The predicted molar refractivity (Wildman–Crippen MR) is 111 cm³/mol. The van der Waals surface area contributed by atoms with Crippen LogP contribution in [0.3, 0.4) is 0 Å². The molecule has 4 heteroatoms. The first-order chi connectivity index (χ1) is 12.5. The van der Waals surface area contributed by atoms with Gasteiger partial charge in [0.25, 0.3) is 0 Å². The highest BCUT2D eigenvalue weighted by Gasteiger charge is 2.13. The zero-order valence-electron chi connectivity index (χ0n) is 15.3. The van der Waals surface area contributed by atoms with Crippen molar-refractivity contribution in [2.45, 2.75) is 33.1 Å². The van der Waals surface area contributed by atoms with Gasteiger partial charge in [-0.25, -0.2) is 4.98 Å². The Morgan fingerprint density at radius 1 is 1.31 bits per heavy atom. The van der Waals surface area contributed by atoms with Crippen molar-refractivity contribution >= 4 is 34.4 Å². The Hall–Kier alpha value is -2.39. The summed E-state index contributed by atoms with van der Waals surface area (Å²) >= 11 is 6.04. The summed E-state index contributed by atoms with van der Waals surface area (Å²) in [6.45, 7) is 8.31. The first-order valence-electron chi connectivity index (χ1n) is 8.97. The summed E-state index contributed by atoms with van der Waals surface area (Å²) in [7, 11) is 0. The second kappa shape index (κ2) is 7.88. The molecule has 0 saturated carbocycles. The molecular formula is C22H24ClN3. The summed E-state index contributed by atoms with van der Waals surface area (Å²) < 4.78 is 0. The van der Waals surface area contributed by atoms with E-state index in [9.17, 15) is 0 Å². The fraction of sp³-hybridized carbons (Fsp3) is 0.273. The van der Waals surface area contributed by atoms with Gasteiger partial charge in [-0.2, -0.15) is 0 Å². The average molecular weight is 366 g/mol. The average Bonchev–Trinajstić information content (AvgIpc) is 3.02. The molecule has 0 amide bonds. The zero-order valence-corrected chi connectivity index (χ0v) is 16.0. The largest absolute Gasteiger partial charge is 0.342 e. The molecule has 2 aromatic carbocycles. The molecule has 1 atom stereocenters. The van der Waals surface area contributed by atoms with E-state index in [0.717, 1.165) is 40.8 Å². The highest BCUT2D eigenvalue weighted by atomic mass is 35.5. The Balaban J connectivity index is 1.89. The van der Waals surface area contributed by atoms with Gasteiger partial charge in [-0.1, -0.05) is 62.7 Å². The van der Waals surface area contributed by atoms with Crippen molar-refractivity contribution < 1.29 is 0 Å². The van der Waals surface area contributed by atoms with Crippen LogP contribution in [0.4, 0.5) is 0 Å². The molecule has 0 radical (unpaired) electrons. The van der Waals surface area contributed by atoms with Gasteiger partial charge in [0, 0.05) is 17.2 Å². The van der Waals surface area contributed by atoms with E-state index in [-0.39, 0.29) is 0 Å². The number of nitrogens with zero attached hydrogens (tertiary/aromatic N) is 1. The van der Waals surface area contributed by atoms with Gasteiger partial charge in [0.05, 0.1) is 11.0 Å². The maximum absolute atomic E-state index is 8.64. The van der Waals surface area contributed by atoms with Crippen molar-refractivity contribution in [2.75, 3.05) is 0 Å². The summed E-state index contributed by atoms with van der Waals surface area (Å²) in [4.78, 5) is 7.87. The fourth-order valence-electron chi connectivity index (χ4n) is 3.10. The topological polar surface area (TPSA) is 52.5 Å². The second-order valence-corrected chi connectivity index (χ2v) is 7.27. The first kappa shape index (κ1) is 18.4. The summed E-state index contributed by atoms with van der Waals surface area (Å²) in [5, 5.41) is 9.31. The maximum atomic E-state index is 8.64. The quantitative estimate of drug-likeness (QED) is 0.491. The standard InChI is InChI=1S/C22H24ClN3/c1-4-14(3)10-16-11-15(5-2)6-8-18(16)19(24)13-22-25-20-9-7-17(23)12-21(20)26-22/h5-9,11-12,14,24H,2,4,10,13H2,1,3H3,(H,25,26). The number of fused-ring (bicyclic) bond motifs is 1. The first-order valence-corrected chi connectivity index (χ1v) is 9.35. The van der Waals surface area contributed by atoms with Gasteiger partial charge < -0.3 is 10.4 Å². The third kappa shape index (κ3) is 4.05. The minimum atomic E-state index is 0.466. The Morgan fingerprint density at radius 2 is 2.12 bits per heavy atom. The van der Waals surface area contributed by atoms with Crippen LogP contribution in [0.2, 0.25) is 5.02 Å². The molecule has 0 aliphatic heterocycles. The van der Waals surface area contributed by atoms with Gasteiger partial charge >= 0.3 is 0 Å². The monoisotopic (exact) mass is 365 g/mol. The molecule has 26 heavy (non-hydrogen) atoms. The highest BCUT2D eigenvalue weighted by molar-refractivity contribution is 6.31. The van der Waals surface area contributed by atoms with Crippen molar-refractivity contribution in [1.29, 1.82) is 5.41 Å². The van der Waals surface area contributed by atoms with Crippen LogP contribution < -0.4 is 0 Å². The molecule has 2 N–H and O–H groups in total. The van der Waals surface area contributed by atoms with Crippen LogP contribution in [-0.4, -0.2) is 15.7 Å². The van der Waals surface area contributed by atoms with Crippen LogP contribution >= 0.6 is 11.6 Å². The maximum Gasteiger partial charge on any atom is 0.113 e. The third-order valence-corrected chi connectivity index (χ3v) is 5.03. The third-order valence-electron chi connectivity index (χ3n) is 4.79. The summed E-state index contributed by atoms with van der Waals surface area (Å²) in [6, 6.07) is 11.8. The smallest absolute Gasteiger partial charge is 0.113 e. The molecule has 0 aliphatic carbocycles. The van der Waals surface area contributed by atoms with Crippen LogP contribution in [-0.2, 0) is 12.8 Å². The number of hydrogen-bond acceptors (Lipinski definition) is 2. The Kier molecular flexibility index (Phi) is 5.58. The summed E-state index contributed by atoms with van der Waals surface area (Å²) in [6.07, 6.45) is 4.41. The number of aromatic nitrogens is 2. The van der Waals surface area contributed by atoms with Crippen LogP contribution in [0, 0.1) is 11.3 Å². The van der Waals surface area contributed by atoms with Crippen molar-refractivity contribution in [3.63, 3.8) is 0 Å². The van der Waals surface area contributed by atoms with Crippen LogP contribution in [0.25, 0.3) is 17.1 Å². The molecule has 0 spiro atoms. The minimum absolute atomic E-state index is 0.466. The number of aromatic amines is 1. The van der Waals surface area contributed by atoms with Gasteiger partial charge in [0.1, 0.15) is 5.82 Å². The van der Waals surface area contributed by atoms with Gasteiger partial charge in [-0.3, -0.25) is 0 Å². The lowest BCUT2D eigenvalue weighted by molar-refractivity contribution is 0.560. The molecule has 0 fully saturated rings. The van der Waals surface area contributed by atoms with Gasteiger partial charge in [-0.05, 0) is 47.2 Å². The molecule has 3 nitrogen and oxygen atoms in total. The molecular weight excluding hydrogens is 342 g/mol. The number of halogens is 1. The van der Waals surface area contributed by atoms with Gasteiger partial charge in [0.15, 0.2) is 0 Å². The van der Waals surface area contributed by atoms with E-state index in [1.165, 1.54) is 5.56 Å². The molecule has 1 unspecified atom stereocenters. The molecule has 1 heterocycles. The van der Waals surface area contributed by atoms with Crippen LogP contribution in [0.5, 0.6) is 0 Å². The minimum Gasteiger partial charge on any atom is -0.342 e. The Morgan fingerprint density at radius 3 is 2.85 bits per heavy atom. The van der Waals surface area contributed by atoms with Crippen molar-refractivity contribution in [1.82, 2.24) is 9.97 Å². The summed E-state index contributed by atoms with van der Waals surface area (Å²) in [5.74, 6) is 1.37. The molecule has 0 aliphatic rings. The van der Waals surface area contributed by atoms with E-state index < -0.39 is 0 Å². The van der Waals surface area contributed by atoms with Crippen LogP contribution in [0.15, 0.2) is 43.0 Å². The van der Waals surface area contributed by atoms with E-state index in [1.54, 1.807) is 0 Å². The van der Waals surface area contributed by atoms with Crippen molar-refractivity contribution in [2.24, 2.45) is 5.92 Å². The predicted octanol–water partition coefficient (Wildman–Crippen LogP) is 6.06. The lowest BCUT2D eigenvalue weighted by atomic mass is 9.91. The van der Waals surface area contributed by atoms with Crippen molar-refractivity contribution in [3.8, 4) is 0 Å². The van der Waals surface area contributed by atoms with E-state index in [2.05, 4.69) is 36.5 Å². The number of benzene rings is 2. The molecule has 3 rings (SSSR count). The SMILES string of the molecule is C=Cc1ccc(C(=N)Cc2nc3cc(Cl)ccc3[nH]2)c(CC(C)CC)c1. The number of imidazole rings is 1. The lowest BCUT2D eigenvalue weighted by Crippen LogP contribution is -2.11. The van der Waals surface area contributed by atoms with Gasteiger partial charge in [0.2, 0.25) is 0 Å². The van der Waals surface area contributed by atoms with E-state index in [4.69, 9.17) is 17.0 Å². The number of nitrogens with one attached hydrogen (secondary N) is 2. The lowest BCUT2D eigenvalue weighted by Gasteiger charge is -2.15. The Labute approximate surface area is 159 Å². The van der Waals surface area contributed by atoms with E-state index in [0.29, 0.717) is 23.1 Å². The number of hydrogen-bond donors (Lipinski definition) is 2. The summed E-state index contributed by atoms with van der Waals surface area (Å²) in [5.41, 5.74) is 5.65. The van der Waals surface area contributed by atoms with E-state index >= 15 is 0 Å². The normalized spacial score (nSPS) is 12.3. The van der Waals surface area contributed by atoms with Crippen LogP contribution in [0.1, 0.15) is 42.8 Å². The fourth-order valence-corrected chi connectivity index (χ4v) is 3.27. The second-order valence-electron chi connectivity index (χ2n) is 6.84. The van der Waals surface area contributed by atoms with Gasteiger partial charge in [-0.15, -0.1) is 0 Å². The van der Waals surface area contributed by atoms with Crippen molar-refractivity contribution in [3.05, 3.63) is 70.5 Å². The molecule has 3 aromatic rings. The zero-order chi connectivity index (χ0) is 18.7. The molecule has 0 bridgehead atoms. The highest BCUT2D eigenvalue weighted by Crippen LogP contribution is 2.22. The molecule has 1 aromatic heterocycles. The number of H-pyrrole nitrogens is 1. The molecule has 0 saturated heterocycles. The molecule has 134 valence electrons. The Bertz CT molecular complexity index is 955. The number of rotatable bonds is 7. The van der Waals surface area contributed by atoms with E-state index in [1.807, 2.05) is 36.4 Å².